The molecule has 8 heteroatoms. The van der Waals surface area contributed by atoms with Gasteiger partial charge in [-0.3, -0.25) is 9.59 Å². The number of nitrogens with zero attached hydrogens (tertiary/aromatic N) is 1. The molecule has 29 heavy (non-hydrogen) atoms. The number of thiocyanates is 1. The Morgan fingerprint density at radius 3 is 2.38 bits per heavy atom. The van der Waals surface area contributed by atoms with E-state index in [1.54, 1.807) is 38.5 Å². The molecule has 0 bridgehead atoms. The summed E-state index contributed by atoms with van der Waals surface area (Å²) in [6.45, 7) is 1.46. The highest BCUT2D eigenvalue weighted by atomic mass is 32.2. The number of esters is 1. The highest BCUT2D eigenvalue weighted by Crippen LogP contribution is 2.24. The second kappa shape index (κ2) is 11.0. The first-order valence-electron chi connectivity index (χ1n) is 8.79. The third kappa shape index (κ3) is 7.05. The summed E-state index contributed by atoms with van der Waals surface area (Å²) in [5, 5.41) is 13.4. The largest absolute Gasteiger partial charge is 0.497 e. The monoisotopic (exact) mass is 414 g/mol. The van der Waals surface area contributed by atoms with Gasteiger partial charge >= 0.3 is 5.97 Å². The number of thioether (sulfide) groups is 1. The standard InChI is InChI=1S/C21H22N2O5S/c1-14-8-18(29-13-22)5-6-19(14)23-20(24)12-28-21(25)7-4-15-9-16(26-2)11-17(10-15)27-3/h5-6,8-11H,4,7,12H2,1-3H3,(H,23,24). The third-order valence-corrected chi connectivity index (χ3v) is 4.61. The fraction of sp³-hybridized carbons (Fsp3) is 0.286. The Labute approximate surface area is 174 Å². The van der Waals surface area contributed by atoms with Crippen molar-refractivity contribution in [3.05, 3.63) is 47.5 Å². The quantitative estimate of drug-likeness (QED) is 0.379. The summed E-state index contributed by atoms with van der Waals surface area (Å²) < 4.78 is 15.5. The lowest BCUT2D eigenvalue weighted by Crippen LogP contribution is -2.21. The zero-order chi connectivity index (χ0) is 21.2. The average molecular weight is 414 g/mol. The Morgan fingerprint density at radius 2 is 1.79 bits per heavy atom. The van der Waals surface area contributed by atoms with Crippen molar-refractivity contribution >= 4 is 29.3 Å². The fourth-order valence-electron chi connectivity index (χ4n) is 2.55. The van der Waals surface area contributed by atoms with Gasteiger partial charge < -0.3 is 19.5 Å². The topological polar surface area (TPSA) is 97.6 Å². The van der Waals surface area contributed by atoms with E-state index in [0.717, 1.165) is 27.8 Å². The highest BCUT2D eigenvalue weighted by molar-refractivity contribution is 8.03. The van der Waals surface area contributed by atoms with Gasteiger partial charge in [0.05, 0.1) is 14.2 Å². The number of carbonyl (C=O) groups excluding carboxylic acids is 2. The van der Waals surface area contributed by atoms with Crippen molar-refractivity contribution in [2.45, 2.75) is 24.7 Å². The molecule has 0 unspecified atom stereocenters. The number of amides is 1. The van der Waals surface area contributed by atoms with Crippen LogP contribution >= 0.6 is 11.8 Å². The van der Waals surface area contributed by atoms with Crippen molar-refractivity contribution in [2.75, 3.05) is 26.1 Å². The van der Waals surface area contributed by atoms with Gasteiger partial charge in [0, 0.05) is 23.1 Å². The van der Waals surface area contributed by atoms with Crippen LogP contribution in [0.15, 0.2) is 41.3 Å². The van der Waals surface area contributed by atoms with Crippen molar-refractivity contribution < 1.29 is 23.8 Å². The Bertz CT molecular complexity index is 902. The molecule has 0 aliphatic carbocycles. The second-order valence-corrected chi connectivity index (χ2v) is 6.96. The van der Waals surface area contributed by atoms with Gasteiger partial charge in [-0.25, -0.2) is 0 Å². The van der Waals surface area contributed by atoms with Crippen LogP contribution in [0.1, 0.15) is 17.5 Å². The maximum absolute atomic E-state index is 12.0. The van der Waals surface area contributed by atoms with E-state index in [2.05, 4.69) is 5.32 Å². The molecule has 0 spiro atoms. The van der Waals surface area contributed by atoms with Crippen LogP contribution in [0.3, 0.4) is 0 Å². The lowest BCUT2D eigenvalue weighted by Gasteiger charge is -2.10. The summed E-state index contributed by atoms with van der Waals surface area (Å²) >= 11 is 1.05. The van der Waals surface area contributed by atoms with Gasteiger partial charge in [0.1, 0.15) is 16.9 Å². The van der Waals surface area contributed by atoms with Crippen LogP contribution in [0.25, 0.3) is 0 Å². The van der Waals surface area contributed by atoms with E-state index in [1.165, 1.54) is 0 Å². The first-order chi connectivity index (χ1) is 13.9. The van der Waals surface area contributed by atoms with Crippen molar-refractivity contribution in [3.8, 4) is 16.9 Å². The van der Waals surface area contributed by atoms with Gasteiger partial charge in [0.2, 0.25) is 0 Å². The average Bonchev–Trinajstić information content (AvgIpc) is 2.72. The summed E-state index contributed by atoms with van der Waals surface area (Å²) in [7, 11) is 3.12. The van der Waals surface area contributed by atoms with E-state index in [4.69, 9.17) is 19.5 Å². The molecule has 2 aromatic carbocycles. The Kier molecular flexibility index (Phi) is 8.37. The summed E-state index contributed by atoms with van der Waals surface area (Å²) in [4.78, 5) is 24.8. The summed E-state index contributed by atoms with van der Waals surface area (Å²) in [5.74, 6) is 0.382. The van der Waals surface area contributed by atoms with Crippen LogP contribution in [0, 0.1) is 17.6 Å². The summed E-state index contributed by atoms with van der Waals surface area (Å²) in [5.41, 5.74) is 2.29. The molecule has 0 atom stereocenters. The number of nitrogens with one attached hydrogen (secondary N) is 1. The predicted molar refractivity (Wildman–Crippen MR) is 110 cm³/mol. The number of nitriles is 1. The molecule has 152 valence electrons. The summed E-state index contributed by atoms with van der Waals surface area (Å²) in [6.07, 6.45) is 0.563. The van der Waals surface area contributed by atoms with Gasteiger partial charge in [0.25, 0.3) is 5.91 Å². The van der Waals surface area contributed by atoms with Crippen LogP contribution in [0.5, 0.6) is 11.5 Å². The molecule has 0 aliphatic rings. The molecule has 0 saturated carbocycles. The maximum atomic E-state index is 12.0. The van der Waals surface area contributed by atoms with Crippen molar-refractivity contribution in [1.29, 1.82) is 5.26 Å². The second-order valence-electron chi connectivity index (χ2n) is 6.10. The number of benzene rings is 2. The van der Waals surface area contributed by atoms with Crippen LogP contribution in [0.2, 0.25) is 0 Å². The SMILES string of the molecule is COc1cc(CCC(=O)OCC(=O)Nc2ccc(SC#N)cc2C)cc(OC)c1. The molecule has 7 nitrogen and oxygen atoms in total. The maximum Gasteiger partial charge on any atom is 0.306 e. The van der Waals surface area contributed by atoms with Gasteiger partial charge in [-0.1, -0.05) is 0 Å². The van der Waals surface area contributed by atoms with Crippen molar-refractivity contribution in [3.63, 3.8) is 0 Å². The van der Waals surface area contributed by atoms with E-state index >= 15 is 0 Å². The Morgan fingerprint density at radius 1 is 1.10 bits per heavy atom. The number of hydrogen-bond donors (Lipinski definition) is 1. The van der Waals surface area contributed by atoms with Crippen LogP contribution in [-0.2, 0) is 20.7 Å². The zero-order valence-corrected chi connectivity index (χ0v) is 17.3. The number of carbonyl (C=O) groups is 2. The zero-order valence-electron chi connectivity index (χ0n) is 16.5. The first kappa shape index (κ1) is 22.1. The predicted octanol–water partition coefficient (Wildman–Crippen LogP) is 3.70. The molecule has 2 aromatic rings. The van der Waals surface area contributed by atoms with Crippen molar-refractivity contribution in [2.24, 2.45) is 0 Å². The molecule has 1 N–H and O–H groups in total. The first-order valence-corrected chi connectivity index (χ1v) is 9.60. The minimum absolute atomic E-state index is 0.128. The third-order valence-electron chi connectivity index (χ3n) is 4.03. The molecular weight excluding hydrogens is 392 g/mol. The van der Waals surface area contributed by atoms with Gasteiger partial charge in [-0.05, 0) is 66.6 Å². The van der Waals surface area contributed by atoms with Crippen LogP contribution in [-0.4, -0.2) is 32.7 Å². The normalized spacial score (nSPS) is 10.0. The number of ether oxygens (including phenoxy) is 3. The molecular formula is C21H22N2O5S. The molecule has 0 aliphatic heterocycles. The number of aryl methyl sites for hydroxylation is 2. The van der Waals surface area contributed by atoms with Crippen LogP contribution in [0.4, 0.5) is 5.69 Å². The van der Waals surface area contributed by atoms with E-state index in [1.807, 2.05) is 24.5 Å². The number of methoxy groups -OCH3 is 2. The number of anilines is 1. The molecule has 0 saturated heterocycles. The molecule has 1 amide bonds. The summed E-state index contributed by atoms with van der Waals surface area (Å²) in [6, 6.07) is 10.6. The molecule has 0 heterocycles. The minimum Gasteiger partial charge on any atom is -0.497 e. The molecule has 2 rings (SSSR count). The van der Waals surface area contributed by atoms with E-state index < -0.39 is 11.9 Å². The lowest BCUT2D eigenvalue weighted by molar-refractivity contribution is -0.147. The Hall–Kier alpha value is -3.18. The fourth-order valence-corrected chi connectivity index (χ4v) is 3.03. The minimum atomic E-state index is -0.473. The van der Waals surface area contributed by atoms with E-state index in [0.29, 0.717) is 23.6 Å². The van der Waals surface area contributed by atoms with Gasteiger partial charge in [-0.15, -0.1) is 0 Å². The molecule has 0 fully saturated rings. The van der Waals surface area contributed by atoms with Crippen LogP contribution < -0.4 is 14.8 Å². The van der Waals surface area contributed by atoms with Gasteiger partial charge in [0.15, 0.2) is 6.61 Å². The van der Waals surface area contributed by atoms with Crippen molar-refractivity contribution in [1.82, 2.24) is 0 Å². The highest BCUT2D eigenvalue weighted by Gasteiger charge is 2.11. The van der Waals surface area contributed by atoms with Gasteiger partial charge in [-0.2, -0.15) is 5.26 Å². The molecule has 0 radical (unpaired) electrons. The van der Waals surface area contributed by atoms with E-state index in [-0.39, 0.29) is 13.0 Å². The number of hydrogen-bond acceptors (Lipinski definition) is 7. The number of rotatable bonds is 9. The smallest absolute Gasteiger partial charge is 0.306 e. The molecule has 0 aromatic heterocycles. The lowest BCUT2D eigenvalue weighted by atomic mass is 10.1. The van der Waals surface area contributed by atoms with E-state index in [9.17, 15) is 9.59 Å². The Balaban J connectivity index is 1.82.